The second-order valence-corrected chi connectivity index (χ2v) is 8.98. The Morgan fingerprint density at radius 2 is 2.14 bits per heavy atom. The number of rotatable bonds is 5. The maximum Gasteiger partial charge on any atom is 0.171 e. The van der Waals surface area contributed by atoms with Crippen LogP contribution in [0.5, 0.6) is 5.75 Å². The van der Waals surface area contributed by atoms with E-state index in [4.69, 9.17) is 15.6 Å². The monoisotopic (exact) mass is 516 g/mol. The van der Waals surface area contributed by atoms with Gasteiger partial charge in [0.15, 0.2) is 29.0 Å². The van der Waals surface area contributed by atoms with Gasteiger partial charge in [-0.1, -0.05) is 6.07 Å². The lowest BCUT2D eigenvalue weighted by Gasteiger charge is -2.17. The van der Waals surface area contributed by atoms with E-state index in [1.807, 2.05) is 19.1 Å². The van der Waals surface area contributed by atoms with Gasteiger partial charge in [0.2, 0.25) is 0 Å². The zero-order valence-electron chi connectivity index (χ0n) is 15.0. The predicted octanol–water partition coefficient (Wildman–Crippen LogP) is 2.58. The van der Waals surface area contributed by atoms with Gasteiger partial charge in [-0.3, -0.25) is 0 Å². The summed E-state index contributed by atoms with van der Waals surface area (Å²) in [6.07, 6.45) is 0. The number of pyridine rings is 1. The van der Waals surface area contributed by atoms with Crippen LogP contribution in [0.25, 0.3) is 0 Å². The van der Waals surface area contributed by atoms with E-state index in [0.717, 1.165) is 5.56 Å². The van der Waals surface area contributed by atoms with Gasteiger partial charge < -0.3 is 21.1 Å². The molecule has 1 atom stereocenters. The van der Waals surface area contributed by atoms with Gasteiger partial charge in [0, 0.05) is 9.77 Å². The molecule has 0 spiro atoms. The quantitative estimate of drug-likeness (QED) is 0.453. The zero-order chi connectivity index (χ0) is 20.3. The number of benzene rings is 1. The molecule has 1 aliphatic rings. The number of halogens is 2. The molecule has 1 aromatic heterocycles. The fourth-order valence-corrected chi connectivity index (χ4v) is 4.69. The Morgan fingerprint density at radius 3 is 2.82 bits per heavy atom. The third-order valence-corrected chi connectivity index (χ3v) is 6.58. The Labute approximate surface area is 173 Å². The number of nitrogens with zero attached hydrogens (tertiary/aromatic N) is 2. The van der Waals surface area contributed by atoms with Crippen LogP contribution in [0.15, 0.2) is 50.1 Å². The number of nitrogen functional groups attached to an aromatic ring is 1. The number of ether oxygens (including phenoxy) is 1. The third-order valence-electron chi connectivity index (χ3n) is 3.69. The zero-order valence-corrected chi connectivity index (χ0v) is 18.0. The molecule has 0 fully saturated rings. The normalized spacial score (nSPS) is 16.4. The molecule has 0 radical (unpaired) electrons. The van der Waals surface area contributed by atoms with Gasteiger partial charge in [-0.25, -0.2) is 23.7 Å². The highest BCUT2D eigenvalue weighted by molar-refractivity contribution is 14.2. The van der Waals surface area contributed by atoms with Crippen molar-refractivity contribution >= 4 is 58.6 Å². The van der Waals surface area contributed by atoms with Gasteiger partial charge in [-0.2, -0.15) is 0 Å². The summed E-state index contributed by atoms with van der Waals surface area (Å²) in [6.45, 7) is 1.83. The average Bonchev–Trinajstić information content (AvgIpc) is 2.66. The standard InChI is InChI=1S/C17H18FIN6O2S/c1-9-3-4-10(7-13(9)28(21)26)22-17-19-8-11(18)16(25-17)24-14-6-5-12(27-2)15(20)23-14/h3-8H,21H2,1-2H3,(H4,20,22,23,24,25). The Morgan fingerprint density at radius 1 is 1.36 bits per heavy atom. The molecule has 1 unspecified atom stereocenters. The average molecular weight is 516 g/mol. The lowest BCUT2D eigenvalue weighted by Crippen LogP contribution is -2.36. The SMILES string of the molecule is COc1ccc(N=C2NC(Nc3ccc(C)c(S(N)=O)c3)=IC=C2F)nc1N. The van der Waals surface area contributed by atoms with Crippen LogP contribution in [-0.2, 0) is 11.0 Å². The van der Waals surface area contributed by atoms with E-state index in [1.165, 1.54) is 11.2 Å². The van der Waals surface area contributed by atoms with Crippen LogP contribution in [-0.4, -0.2) is 25.9 Å². The molecular weight excluding hydrogens is 498 g/mol. The highest BCUT2D eigenvalue weighted by Crippen LogP contribution is 2.24. The largest absolute Gasteiger partial charge is 0.493 e. The van der Waals surface area contributed by atoms with Crippen molar-refractivity contribution in [2.45, 2.75) is 11.8 Å². The molecule has 2 heterocycles. The highest BCUT2D eigenvalue weighted by Gasteiger charge is 2.15. The van der Waals surface area contributed by atoms with Crippen molar-refractivity contribution < 1.29 is 13.3 Å². The van der Waals surface area contributed by atoms with E-state index in [0.29, 0.717) is 20.1 Å². The summed E-state index contributed by atoms with van der Waals surface area (Å²) in [4.78, 5) is 8.81. The van der Waals surface area contributed by atoms with Crippen LogP contribution in [0.3, 0.4) is 0 Å². The van der Waals surface area contributed by atoms with E-state index in [9.17, 15) is 8.60 Å². The van der Waals surface area contributed by atoms with Gasteiger partial charge in [0.25, 0.3) is 0 Å². The molecule has 28 heavy (non-hydrogen) atoms. The van der Waals surface area contributed by atoms with Crippen LogP contribution in [0.4, 0.5) is 21.7 Å². The lowest BCUT2D eigenvalue weighted by molar-refractivity contribution is 0.415. The number of aryl methyl sites for hydroxylation is 1. The molecule has 2 aromatic rings. The Bertz CT molecular complexity index is 1040. The summed E-state index contributed by atoms with van der Waals surface area (Å²) < 4.78 is 33.1. The first-order chi connectivity index (χ1) is 13.4. The van der Waals surface area contributed by atoms with Gasteiger partial charge in [0.05, 0.1) is 12.0 Å². The number of anilines is 2. The Balaban J connectivity index is 1.82. The first-order valence-electron chi connectivity index (χ1n) is 7.94. The topological polar surface area (TPSA) is 128 Å². The fourth-order valence-electron chi connectivity index (χ4n) is 2.31. The van der Waals surface area contributed by atoms with Crippen LogP contribution in [0, 0.1) is 6.92 Å². The summed E-state index contributed by atoms with van der Waals surface area (Å²) in [5, 5.41) is 11.6. The Kier molecular flexibility index (Phi) is 6.36. The number of nitrogens with one attached hydrogen (secondary N) is 2. The van der Waals surface area contributed by atoms with E-state index < -0.39 is 37.5 Å². The second-order valence-electron chi connectivity index (χ2n) is 5.63. The molecule has 148 valence electrons. The minimum atomic E-state index is -1.59. The number of aromatic nitrogens is 1. The number of hydrogen-bond acceptors (Lipinski definition) is 6. The van der Waals surface area contributed by atoms with Crippen molar-refractivity contribution in [1.29, 1.82) is 0 Å². The predicted molar refractivity (Wildman–Crippen MR) is 119 cm³/mol. The van der Waals surface area contributed by atoms with Crippen molar-refractivity contribution in [3.8, 4) is 5.75 Å². The second kappa shape index (κ2) is 8.75. The van der Waals surface area contributed by atoms with Crippen molar-refractivity contribution in [3.05, 3.63) is 45.8 Å². The van der Waals surface area contributed by atoms with Crippen LogP contribution in [0.1, 0.15) is 5.56 Å². The number of aliphatic imine (C=N–C) groups is 1. The molecule has 11 heteroatoms. The molecule has 1 aromatic carbocycles. The maximum absolute atomic E-state index is 14.2. The number of methoxy groups -OCH3 is 1. The van der Waals surface area contributed by atoms with E-state index >= 15 is 0 Å². The molecule has 0 amide bonds. The van der Waals surface area contributed by atoms with Gasteiger partial charge >= 0.3 is 0 Å². The molecule has 8 nitrogen and oxygen atoms in total. The fraction of sp³-hybridized carbons (Fsp3) is 0.118. The van der Waals surface area contributed by atoms with Crippen LogP contribution >= 0.6 is 20.7 Å². The lowest BCUT2D eigenvalue weighted by atomic mass is 10.2. The molecule has 3 rings (SSSR count). The summed E-state index contributed by atoms with van der Waals surface area (Å²) in [7, 11) is -0.105. The summed E-state index contributed by atoms with van der Waals surface area (Å²) in [5.74, 6) is 0.410. The van der Waals surface area contributed by atoms with Crippen LogP contribution < -0.4 is 26.2 Å². The number of amidine groups is 1. The first-order valence-corrected chi connectivity index (χ1v) is 11.5. The number of nitrogens with two attached hydrogens (primary N) is 2. The maximum atomic E-state index is 14.2. The van der Waals surface area contributed by atoms with Crippen LogP contribution in [0.2, 0.25) is 0 Å². The summed E-state index contributed by atoms with van der Waals surface area (Å²) >= 11 is -0.764. The third kappa shape index (κ3) is 4.72. The molecule has 0 saturated heterocycles. The summed E-state index contributed by atoms with van der Waals surface area (Å²) in [6, 6.07) is 8.56. The van der Waals surface area contributed by atoms with Gasteiger partial charge in [-0.05, 0) is 57.5 Å². The van der Waals surface area contributed by atoms with Crippen molar-refractivity contribution in [1.82, 2.24) is 10.3 Å². The van der Waals surface area contributed by atoms with E-state index in [2.05, 4.69) is 20.6 Å². The van der Waals surface area contributed by atoms with Crippen molar-refractivity contribution in [3.63, 3.8) is 0 Å². The van der Waals surface area contributed by atoms with E-state index in [1.54, 1.807) is 18.2 Å². The smallest absolute Gasteiger partial charge is 0.171 e. The van der Waals surface area contributed by atoms with Crippen molar-refractivity contribution in [2.75, 3.05) is 18.2 Å². The molecule has 0 saturated carbocycles. The molecule has 6 N–H and O–H groups in total. The Hall–Kier alpha value is -2.38. The summed E-state index contributed by atoms with van der Waals surface area (Å²) in [5.41, 5.74) is 7.30. The molecule has 1 aliphatic heterocycles. The van der Waals surface area contributed by atoms with Crippen molar-refractivity contribution in [2.24, 2.45) is 10.1 Å². The van der Waals surface area contributed by atoms with Gasteiger partial charge in [-0.15, -0.1) is 0 Å². The number of hydrogen-bond donors (Lipinski definition) is 4. The molecular formula is C17H18FIN6O2S. The van der Waals surface area contributed by atoms with Gasteiger partial charge in [0.1, 0.15) is 14.7 Å². The molecule has 0 bridgehead atoms. The van der Waals surface area contributed by atoms with E-state index in [-0.39, 0.29) is 17.5 Å². The minimum Gasteiger partial charge on any atom is -0.493 e. The first kappa shape index (κ1) is 20.4. The minimum absolute atomic E-state index is 0.0280. The molecule has 0 aliphatic carbocycles. The highest BCUT2D eigenvalue weighted by atomic mass is 127.